The first-order valence-corrected chi connectivity index (χ1v) is 10.4. The smallest absolute Gasteiger partial charge is 0.436 e. The molecule has 4 rings (SSSR count). The number of halogens is 8. The summed E-state index contributed by atoms with van der Waals surface area (Å²) in [5.74, 6) is -3.67. The highest BCUT2D eigenvalue weighted by atomic mass is 32.2. The standard InChI is InChI=1S/C17H22F8O5S/c18-14(19,15(20,21)28-16(22,23)17(24,25)31-30-29-26)2-1-3-27-13-7-10-4-11(8-13)6-12(5-10)9-13/h10-12,26H,1-9H2/p-1. The van der Waals surface area contributed by atoms with Crippen LogP contribution in [-0.2, 0) is 18.8 Å². The second kappa shape index (κ2) is 8.75. The van der Waals surface area contributed by atoms with E-state index in [1.807, 2.05) is 0 Å². The van der Waals surface area contributed by atoms with Crippen molar-refractivity contribution in [2.24, 2.45) is 17.8 Å². The van der Waals surface area contributed by atoms with E-state index in [2.05, 4.69) is 14.1 Å². The van der Waals surface area contributed by atoms with Gasteiger partial charge in [0.25, 0.3) is 0 Å². The summed E-state index contributed by atoms with van der Waals surface area (Å²) in [6.45, 7) is -0.297. The summed E-state index contributed by atoms with van der Waals surface area (Å²) in [7, 11) is 0. The molecule has 0 heterocycles. The highest BCUT2D eigenvalue weighted by molar-refractivity contribution is 7.95. The van der Waals surface area contributed by atoms with E-state index in [1.165, 1.54) is 0 Å². The molecule has 4 saturated carbocycles. The molecule has 182 valence electrons. The van der Waals surface area contributed by atoms with Crippen molar-refractivity contribution in [1.82, 2.24) is 0 Å². The van der Waals surface area contributed by atoms with Crippen LogP contribution in [0.3, 0.4) is 0 Å². The van der Waals surface area contributed by atoms with Crippen LogP contribution in [0.25, 0.3) is 0 Å². The quantitative estimate of drug-likeness (QED) is 0.126. The predicted molar refractivity (Wildman–Crippen MR) is 86.7 cm³/mol. The first-order chi connectivity index (χ1) is 14.2. The van der Waals surface area contributed by atoms with Gasteiger partial charge in [-0.1, -0.05) is 0 Å². The van der Waals surface area contributed by atoms with E-state index in [9.17, 15) is 40.4 Å². The molecule has 0 N–H and O–H groups in total. The van der Waals surface area contributed by atoms with Crippen molar-refractivity contribution < 1.29 is 59.2 Å². The molecule has 0 amide bonds. The minimum atomic E-state index is -6.10. The van der Waals surface area contributed by atoms with E-state index in [0.29, 0.717) is 17.8 Å². The van der Waals surface area contributed by atoms with Crippen LogP contribution in [0.1, 0.15) is 51.4 Å². The molecule has 4 aliphatic rings. The predicted octanol–water partition coefficient (Wildman–Crippen LogP) is 5.05. The lowest BCUT2D eigenvalue weighted by molar-refractivity contribution is -0.777. The van der Waals surface area contributed by atoms with E-state index in [0.717, 1.165) is 38.5 Å². The van der Waals surface area contributed by atoms with Crippen molar-refractivity contribution in [2.45, 2.75) is 80.4 Å². The third kappa shape index (κ3) is 5.40. The van der Waals surface area contributed by atoms with Crippen molar-refractivity contribution in [2.75, 3.05) is 6.61 Å². The first kappa shape index (κ1) is 25.2. The van der Waals surface area contributed by atoms with E-state index < -0.39 is 53.9 Å². The lowest BCUT2D eigenvalue weighted by atomic mass is 9.54. The molecule has 0 aromatic rings. The Hall–Kier alpha value is -0.410. The van der Waals surface area contributed by atoms with Crippen molar-refractivity contribution >= 4 is 12.0 Å². The van der Waals surface area contributed by atoms with Gasteiger partial charge in [-0.2, -0.15) is 39.5 Å². The third-order valence-electron chi connectivity index (χ3n) is 6.21. The second-order valence-corrected chi connectivity index (χ2v) is 9.44. The molecule has 0 spiro atoms. The summed E-state index contributed by atoms with van der Waals surface area (Å²) in [4.78, 5) is 0. The third-order valence-corrected chi connectivity index (χ3v) is 6.78. The highest BCUT2D eigenvalue weighted by Gasteiger charge is 2.69. The number of rotatable bonds is 12. The van der Waals surface area contributed by atoms with E-state index >= 15 is 0 Å². The van der Waals surface area contributed by atoms with Crippen LogP contribution >= 0.6 is 12.0 Å². The Kier molecular flexibility index (Phi) is 7.11. The molecule has 4 bridgehead atoms. The summed E-state index contributed by atoms with van der Waals surface area (Å²) in [6.07, 6.45) is -8.61. The van der Waals surface area contributed by atoms with Gasteiger partial charge in [0, 0.05) is 13.0 Å². The van der Waals surface area contributed by atoms with Gasteiger partial charge in [-0.05, 0) is 62.7 Å². The molecule has 5 nitrogen and oxygen atoms in total. The maximum absolute atomic E-state index is 13.8. The van der Waals surface area contributed by atoms with Gasteiger partial charge in [-0.25, -0.2) is 4.74 Å². The van der Waals surface area contributed by atoms with E-state index in [4.69, 9.17) is 4.74 Å². The Labute approximate surface area is 176 Å². The minimum Gasteiger partial charge on any atom is -0.691 e. The van der Waals surface area contributed by atoms with Crippen LogP contribution in [0.4, 0.5) is 35.1 Å². The molecule has 0 aromatic heterocycles. The number of alkyl halides is 8. The van der Waals surface area contributed by atoms with E-state index in [-0.39, 0.29) is 6.61 Å². The SMILES string of the molecule is [O-]OOSC(F)(F)C(F)(F)OC(F)(F)C(F)(F)CCCOC12CC3CC(CC(C3)C1)C2. The summed E-state index contributed by atoms with van der Waals surface area (Å²) < 4.78 is 119. The topological polar surface area (TPSA) is 60.0 Å². The monoisotopic (exact) mass is 489 g/mol. The molecule has 0 radical (unpaired) electrons. The zero-order valence-corrected chi connectivity index (χ0v) is 16.9. The molecule has 4 aliphatic carbocycles. The lowest BCUT2D eigenvalue weighted by Crippen LogP contribution is -2.53. The Bertz CT molecular complexity index is 600. The average Bonchev–Trinajstić information content (AvgIpc) is 2.61. The molecule has 14 heteroatoms. The first-order valence-electron chi connectivity index (χ1n) is 9.71. The van der Waals surface area contributed by atoms with Crippen molar-refractivity contribution in [1.29, 1.82) is 0 Å². The van der Waals surface area contributed by atoms with Gasteiger partial charge in [0.1, 0.15) is 12.0 Å². The van der Waals surface area contributed by atoms with Crippen LogP contribution in [0.5, 0.6) is 0 Å². The molecular weight excluding hydrogens is 468 g/mol. The second-order valence-electron chi connectivity index (χ2n) is 8.63. The zero-order chi connectivity index (χ0) is 23.1. The fraction of sp³-hybridized carbons (Fsp3) is 1.00. The largest absolute Gasteiger partial charge is 0.691 e. The van der Waals surface area contributed by atoms with Crippen LogP contribution in [0.2, 0.25) is 0 Å². The van der Waals surface area contributed by atoms with Crippen LogP contribution in [0, 0.1) is 17.8 Å². The van der Waals surface area contributed by atoms with Gasteiger partial charge in [-0.3, -0.25) is 5.04 Å². The Morgan fingerprint density at radius 2 is 1.35 bits per heavy atom. The lowest BCUT2D eigenvalue weighted by Gasteiger charge is -2.56. The van der Waals surface area contributed by atoms with Crippen molar-refractivity contribution in [3.63, 3.8) is 0 Å². The fourth-order valence-corrected chi connectivity index (χ4v) is 5.59. The summed E-state index contributed by atoms with van der Waals surface area (Å²) in [5, 5.41) is 6.26. The molecular formula is C17H21F8O5S-. The van der Waals surface area contributed by atoms with Crippen molar-refractivity contribution in [3.05, 3.63) is 0 Å². The molecule has 0 atom stereocenters. The highest BCUT2D eigenvalue weighted by Crippen LogP contribution is 2.57. The summed E-state index contributed by atoms with van der Waals surface area (Å²) in [6, 6.07) is 0. The molecule has 0 aromatic carbocycles. The van der Waals surface area contributed by atoms with Crippen LogP contribution < -0.4 is 5.26 Å². The van der Waals surface area contributed by atoms with Gasteiger partial charge < -0.3 is 9.99 Å². The van der Waals surface area contributed by atoms with Gasteiger partial charge >= 0.3 is 23.4 Å². The maximum atomic E-state index is 13.8. The fourth-order valence-electron chi connectivity index (χ4n) is 5.34. The van der Waals surface area contributed by atoms with Crippen LogP contribution in [-0.4, -0.2) is 35.6 Å². The normalized spacial score (nSPS) is 31.5. The summed E-state index contributed by atoms with van der Waals surface area (Å²) in [5.41, 5.74) is -0.459. The number of hydrogen-bond donors (Lipinski definition) is 0. The van der Waals surface area contributed by atoms with Crippen molar-refractivity contribution in [3.8, 4) is 0 Å². The maximum Gasteiger partial charge on any atom is 0.436 e. The molecule has 31 heavy (non-hydrogen) atoms. The van der Waals surface area contributed by atoms with Gasteiger partial charge in [-0.15, -0.1) is 0 Å². The van der Waals surface area contributed by atoms with Gasteiger partial charge in [0.2, 0.25) is 0 Å². The Morgan fingerprint density at radius 3 is 1.84 bits per heavy atom. The minimum absolute atomic E-state index is 0.297. The molecule has 0 saturated heterocycles. The molecule has 4 fully saturated rings. The van der Waals surface area contributed by atoms with Crippen LogP contribution in [0.15, 0.2) is 0 Å². The van der Waals surface area contributed by atoms with E-state index in [1.54, 1.807) is 0 Å². The zero-order valence-electron chi connectivity index (χ0n) is 16.1. The van der Waals surface area contributed by atoms with Gasteiger partial charge in [0.15, 0.2) is 0 Å². The number of hydrogen-bond acceptors (Lipinski definition) is 6. The summed E-state index contributed by atoms with van der Waals surface area (Å²) >= 11 is -1.66. The number of ether oxygens (including phenoxy) is 2. The Balaban J connectivity index is 1.51. The Morgan fingerprint density at radius 1 is 0.839 bits per heavy atom. The average molecular weight is 489 g/mol. The van der Waals surface area contributed by atoms with Gasteiger partial charge in [0.05, 0.1) is 5.60 Å². The molecule has 0 aliphatic heterocycles. The molecule has 0 unspecified atom stereocenters.